The summed E-state index contributed by atoms with van der Waals surface area (Å²) in [6.07, 6.45) is 6.17. The molecule has 1 atom stereocenters. The number of carbonyl (C=O) groups excluding carboxylic acids is 1. The summed E-state index contributed by atoms with van der Waals surface area (Å²) in [5, 5.41) is 3.44. The standard InChI is InChI=1S/C25H29N7O2/c26-13-20-19-2-1-17(11-16(19)3-6-29-20)21-15-30-25(27)24(31-21)23(33)12-18-14-28-5-4-22(18)32-7-9-34-10-8-32/h1-2,4-5,11,14-15,20,29H,3,6-10,12-13,26H2,(H2,27,30). The van der Waals surface area contributed by atoms with E-state index in [1.165, 1.54) is 11.1 Å². The molecule has 5 rings (SSSR count). The van der Waals surface area contributed by atoms with E-state index in [0.717, 1.165) is 42.9 Å². The predicted octanol–water partition coefficient (Wildman–Crippen LogP) is 1.53. The number of fused-ring (bicyclic) bond motifs is 1. The normalized spacial score (nSPS) is 17.9. The van der Waals surface area contributed by atoms with Crippen molar-refractivity contribution in [1.29, 1.82) is 0 Å². The fraction of sp³-hybridized carbons (Fsp3) is 0.360. The molecule has 0 radical (unpaired) electrons. The van der Waals surface area contributed by atoms with Crippen LogP contribution in [-0.4, -0.2) is 60.1 Å². The molecule has 0 saturated carbocycles. The summed E-state index contributed by atoms with van der Waals surface area (Å²) in [5.41, 5.74) is 18.0. The minimum atomic E-state index is -0.181. The molecule has 9 heteroatoms. The molecule has 0 spiro atoms. The lowest BCUT2D eigenvalue weighted by Gasteiger charge is -2.30. The van der Waals surface area contributed by atoms with Crippen LogP contribution in [0.25, 0.3) is 11.3 Å². The number of morpholine rings is 1. The number of carbonyl (C=O) groups is 1. The minimum Gasteiger partial charge on any atom is -0.382 e. The van der Waals surface area contributed by atoms with E-state index in [-0.39, 0.29) is 29.8 Å². The number of pyridine rings is 1. The molecule has 3 aromatic rings. The highest BCUT2D eigenvalue weighted by atomic mass is 16.5. The second-order valence-corrected chi connectivity index (χ2v) is 8.60. The zero-order valence-corrected chi connectivity index (χ0v) is 19.0. The topological polar surface area (TPSA) is 132 Å². The summed E-state index contributed by atoms with van der Waals surface area (Å²) < 4.78 is 5.46. The van der Waals surface area contributed by atoms with Crippen LogP contribution >= 0.6 is 0 Å². The molecule has 4 heterocycles. The van der Waals surface area contributed by atoms with Crippen molar-refractivity contribution in [2.45, 2.75) is 18.9 Å². The number of nitrogen functional groups attached to an aromatic ring is 1. The van der Waals surface area contributed by atoms with E-state index >= 15 is 0 Å². The number of anilines is 2. The maximum Gasteiger partial charge on any atom is 0.189 e. The Balaban J connectivity index is 1.41. The fourth-order valence-corrected chi connectivity index (χ4v) is 4.69. The maximum absolute atomic E-state index is 13.3. The first kappa shape index (κ1) is 22.4. The number of ether oxygens (including phenoxy) is 1. The Morgan fingerprint density at radius 1 is 1.21 bits per heavy atom. The number of nitrogens with zero attached hydrogens (tertiary/aromatic N) is 4. The van der Waals surface area contributed by atoms with E-state index in [0.29, 0.717) is 25.5 Å². The second kappa shape index (κ2) is 9.84. The van der Waals surface area contributed by atoms with Crippen LogP contribution in [0.4, 0.5) is 11.5 Å². The van der Waals surface area contributed by atoms with Crippen LogP contribution in [0.5, 0.6) is 0 Å². The van der Waals surface area contributed by atoms with E-state index in [4.69, 9.17) is 16.2 Å². The van der Waals surface area contributed by atoms with Crippen LogP contribution in [0.1, 0.15) is 33.2 Å². The molecule has 1 aromatic carbocycles. The summed E-state index contributed by atoms with van der Waals surface area (Å²) in [6.45, 7) is 4.32. The first-order valence-electron chi connectivity index (χ1n) is 11.6. The van der Waals surface area contributed by atoms with Gasteiger partial charge in [0.25, 0.3) is 0 Å². The van der Waals surface area contributed by atoms with Crippen molar-refractivity contribution >= 4 is 17.3 Å². The average molecular weight is 460 g/mol. The number of rotatable bonds is 6. The zero-order valence-electron chi connectivity index (χ0n) is 19.0. The van der Waals surface area contributed by atoms with Crippen molar-refractivity contribution in [3.05, 3.63) is 65.2 Å². The van der Waals surface area contributed by atoms with Gasteiger partial charge in [-0.25, -0.2) is 9.97 Å². The van der Waals surface area contributed by atoms with Crippen LogP contribution in [0, 0.1) is 0 Å². The molecule has 2 aliphatic rings. The van der Waals surface area contributed by atoms with Crippen molar-refractivity contribution < 1.29 is 9.53 Å². The largest absolute Gasteiger partial charge is 0.382 e. The van der Waals surface area contributed by atoms with Crippen molar-refractivity contribution in [2.24, 2.45) is 5.73 Å². The van der Waals surface area contributed by atoms with Crippen LogP contribution in [-0.2, 0) is 17.6 Å². The number of hydrogen-bond acceptors (Lipinski definition) is 9. The number of nitrogens with two attached hydrogens (primary N) is 2. The van der Waals surface area contributed by atoms with Crippen molar-refractivity contribution in [3.63, 3.8) is 0 Å². The highest BCUT2D eigenvalue weighted by Gasteiger charge is 2.22. The van der Waals surface area contributed by atoms with Gasteiger partial charge in [0.15, 0.2) is 11.6 Å². The van der Waals surface area contributed by atoms with Gasteiger partial charge in [0.1, 0.15) is 5.69 Å². The van der Waals surface area contributed by atoms with Crippen LogP contribution in [0.15, 0.2) is 42.9 Å². The van der Waals surface area contributed by atoms with Gasteiger partial charge in [-0.1, -0.05) is 12.1 Å². The summed E-state index contributed by atoms with van der Waals surface area (Å²) in [4.78, 5) is 28.7. The van der Waals surface area contributed by atoms with Crippen molar-refractivity contribution in [3.8, 4) is 11.3 Å². The highest BCUT2D eigenvalue weighted by molar-refractivity contribution is 6.00. The van der Waals surface area contributed by atoms with E-state index in [9.17, 15) is 4.79 Å². The van der Waals surface area contributed by atoms with Gasteiger partial charge in [0.2, 0.25) is 0 Å². The average Bonchev–Trinajstić information content (AvgIpc) is 2.89. The summed E-state index contributed by atoms with van der Waals surface area (Å²) in [7, 11) is 0. The van der Waals surface area contributed by atoms with Gasteiger partial charge in [-0.05, 0) is 36.2 Å². The second-order valence-electron chi connectivity index (χ2n) is 8.60. The molecule has 0 amide bonds. The molecule has 0 bridgehead atoms. The van der Waals surface area contributed by atoms with E-state index in [1.807, 2.05) is 12.1 Å². The van der Waals surface area contributed by atoms with Gasteiger partial charge < -0.3 is 26.4 Å². The van der Waals surface area contributed by atoms with Crippen LogP contribution < -0.4 is 21.7 Å². The number of aromatic nitrogens is 3. The predicted molar refractivity (Wildman–Crippen MR) is 131 cm³/mol. The molecular weight excluding hydrogens is 430 g/mol. The van der Waals surface area contributed by atoms with Gasteiger partial charge in [-0.3, -0.25) is 9.78 Å². The lowest BCUT2D eigenvalue weighted by molar-refractivity contribution is 0.0988. The first-order valence-corrected chi connectivity index (χ1v) is 11.6. The Kier molecular flexibility index (Phi) is 6.48. The van der Waals surface area contributed by atoms with Gasteiger partial charge >= 0.3 is 0 Å². The quantitative estimate of drug-likeness (QED) is 0.469. The van der Waals surface area contributed by atoms with Gasteiger partial charge in [0, 0.05) is 61.3 Å². The van der Waals surface area contributed by atoms with Crippen LogP contribution in [0.2, 0.25) is 0 Å². The number of benzene rings is 1. The molecule has 0 aliphatic carbocycles. The van der Waals surface area contributed by atoms with Gasteiger partial charge in [0.05, 0.1) is 25.1 Å². The van der Waals surface area contributed by atoms with E-state index < -0.39 is 0 Å². The van der Waals surface area contributed by atoms with Crippen molar-refractivity contribution in [2.75, 3.05) is 50.0 Å². The third kappa shape index (κ3) is 4.50. The molecule has 1 fully saturated rings. The number of ketones is 1. The monoisotopic (exact) mass is 459 g/mol. The fourth-order valence-electron chi connectivity index (χ4n) is 4.69. The van der Waals surface area contributed by atoms with Crippen molar-refractivity contribution in [1.82, 2.24) is 20.3 Å². The van der Waals surface area contributed by atoms with E-state index in [1.54, 1.807) is 18.6 Å². The highest BCUT2D eigenvalue weighted by Crippen LogP contribution is 2.28. The van der Waals surface area contributed by atoms with Gasteiger partial charge in [-0.15, -0.1) is 0 Å². The Hall–Kier alpha value is -3.40. The number of nitrogens with one attached hydrogen (secondary N) is 1. The molecule has 176 valence electrons. The smallest absolute Gasteiger partial charge is 0.189 e. The summed E-state index contributed by atoms with van der Waals surface area (Å²) >= 11 is 0. The first-order chi connectivity index (χ1) is 16.6. The Morgan fingerprint density at radius 3 is 2.88 bits per heavy atom. The molecular formula is C25H29N7O2. The number of Topliss-reactive ketones (excluding diaryl/α,β-unsaturated/α-hetero) is 1. The SMILES string of the molecule is NCC1NCCc2cc(-c3cnc(N)c(C(=O)Cc4cnccc4N4CCOCC4)n3)ccc21. The molecule has 1 unspecified atom stereocenters. The Labute approximate surface area is 198 Å². The van der Waals surface area contributed by atoms with Crippen LogP contribution in [0.3, 0.4) is 0 Å². The molecule has 2 aliphatic heterocycles. The third-order valence-corrected chi connectivity index (χ3v) is 6.48. The molecule has 5 N–H and O–H groups in total. The minimum absolute atomic E-state index is 0.135. The van der Waals surface area contributed by atoms with E-state index in [2.05, 4.69) is 37.3 Å². The lowest BCUT2D eigenvalue weighted by atomic mass is 9.92. The molecule has 2 aromatic heterocycles. The zero-order chi connectivity index (χ0) is 23.5. The Bertz CT molecular complexity index is 1190. The number of hydrogen-bond donors (Lipinski definition) is 3. The summed E-state index contributed by atoms with van der Waals surface area (Å²) in [6, 6.07) is 8.30. The third-order valence-electron chi connectivity index (χ3n) is 6.48. The molecule has 1 saturated heterocycles. The summed E-state index contributed by atoms with van der Waals surface area (Å²) in [5.74, 6) is -0.0457. The van der Waals surface area contributed by atoms with Gasteiger partial charge in [-0.2, -0.15) is 0 Å². The Morgan fingerprint density at radius 2 is 2.06 bits per heavy atom. The lowest BCUT2D eigenvalue weighted by Crippen LogP contribution is -2.37. The molecule has 9 nitrogen and oxygen atoms in total. The maximum atomic E-state index is 13.3. The molecule has 34 heavy (non-hydrogen) atoms.